The van der Waals surface area contributed by atoms with Gasteiger partial charge in [-0.05, 0) is 87.9 Å². The molecular formula is C24H36O4. The van der Waals surface area contributed by atoms with Gasteiger partial charge in [-0.3, -0.25) is 4.79 Å². The molecule has 156 valence electrons. The van der Waals surface area contributed by atoms with E-state index in [0.717, 1.165) is 25.2 Å². The third-order valence-corrected chi connectivity index (χ3v) is 8.14. The standard InChI is InChI=1S/C24H36O4/c1-5-6-7-24(18-8-16-9-19(24)14-23(4,12-16)13-18)28-22(26)17-10-20(11-17)27-21(25)15(2)3/h16-20H,2,5-14H2,1,3-4H3. The second-order valence-electron chi connectivity index (χ2n) is 10.6. The Bertz CT molecular complexity index is 644. The molecule has 0 amide bonds. The van der Waals surface area contributed by atoms with Gasteiger partial charge >= 0.3 is 11.9 Å². The van der Waals surface area contributed by atoms with E-state index in [4.69, 9.17) is 9.47 Å². The van der Waals surface area contributed by atoms with Gasteiger partial charge < -0.3 is 9.47 Å². The quantitative estimate of drug-likeness (QED) is 0.444. The normalized spacial score (nSPS) is 43.3. The molecular weight excluding hydrogens is 352 g/mol. The Morgan fingerprint density at radius 3 is 2.25 bits per heavy atom. The molecule has 0 saturated heterocycles. The van der Waals surface area contributed by atoms with Crippen LogP contribution in [0.5, 0.6) is 0 Å². The summed E-state index contributed by atoms with van der Waals surface area (Å²) >= 11 is 0. The zero-order valence-corrected chi connectivity index (χ0v) is 17.8. The van der Waals surface area contributed by atoms with Crippen LogP contribution in [0.25, 0.3) is 0 Å². The van der Waals surface area contributed by atoms with Crippen molar-refractivity contribution >= 4 is 11.9 Å². The maximum absolute atomic E-state index is 13.1. The van der Waals surface area contributed by atoms with Gasteiger partial charge in [0.25, 0.3) is 0 Å². The van der Waals surface area contributed by atoms with Crippen molar-refractivity contribution in [3.63, 3.8) is 0 Å². The second-order valence-corrected chi connectivity index (χ2v) is 10.6. The van der Waals surface area contributed by atoms with Crippen LogP contribution in [0, 0.1) is 29.1 Å². The summed E-state index contributed by atoms with van der Waals surface area (Å²) in [5, 5.41) is 0. The highest BCUT2D eigenvalue weighted by atomic mass is 16.6. The SMILES string of the molecule is C=C(C)C(=O)OC1CC(C(=O)OC2(CCCC)C3CC4CC2CC(C)(C4)C3)C1. The second kappa shape index (κ2) is 7.18. The molecule has 0 aromatic rings. The van der Waals surface area contributed by atoms with Gasteiger partial charge in [-0.25, -0.2) is 4.79 Å². The lowest BCUT2D eigenvalue weighted by molar-refractivity contribution is -0.232. The summed E-state index contributed by atoms with van der Waals surface area (Å²) in [5.74, 6) is 1.40. The molecule has 0 N–H and O–H groups in total. The molecule has 5 aliphatic rings. The van der Waals surface area contributed by atoms with E-state index < -0.39 is 0 Å². The van der Waals surface area contributed by atoms with Crippen LogP contribution >= 0.6 is 0 Å². The van der Waals surface area contributed by atoms with Gasteiger partial charge in [0, 0.05) is 5.57 Å². The van der Waals surface area contributed by atoms with Crippen molar-refractivity contribution in [1.29, 1.82) is 0 Å². The van der Waals surface area contributed by atoms with Crippen molar-refractivity contribution in [2.75, 3.05) is 0 Å². The molecule has 0 aromatic carbocycles. The van der Waals surface area contributed by atoms with Gasteiger partial charge in [0.2, 0.25) is 0 Å². The summed E-state index contributed by atoms with van der Waals surface area (Å²) in [6.45, 7) is 9.94. The minimum absolute atomic E-state index is 0.0450. The fraction of sp³-hybridized carbons (Fsp3) is 0.833. The first-order valence-corrected chi connectivity index (χ1v) is 11.3. The zero-order chi connectivity index (χ0) is 20.1. The highest BCUT2D eigenvalue weighted by molar-refractivity contribution is 5.87. The maximum atomic E-state index is 13.1. The zero-order valence-electron chi connectivity index (χ0n) is 17.8. The molecule has 2 atom stereocenters. The molecule has 0 radical (unpaired) electrons. The van der Waals surface area contributed by atoms with E-state index in [2.05, 4.69) is 20.4 Å². The Morgan fingerprint density at radius 1 is 1.07 bits per heavy atom. The van der Waals surface area contributed by atoms with E-state index in [1.807, 2.05) is 0 Å². The van der Waals surface area contributed by atoms with E-state index >= 15 is 0 Å². The number of hydrogen-bond acceptors (Lipinski definition) is 4. The molecule has 4 bridgehead atoms. The number of ether oxygens (including phenoxy) is 2. The summed E-state index contributed by atoms with van der Waals surface area (Å²) < 4.78 is 11.8. The van der Waals surface area contributed by atoms with Crippen molar-refractivity contribution in [1.82, 2.24) is 0 Å². The Morgan fingerprint density at radius 2 is 1.71 bits per heavy atom. The van der Waals surface area contributed by atoms with Crippen LogP contribution in [0.15, 0.2) is 12.2 Å². The van der Waals surface area contributed by atoms with Gasteiger partial charge in [-0.15, -0.1) is 0 Å². The smallest absolute Gasteiger partial charge is 0.333 e. The molecule has 5 rings (SSSR count). The van der Waals surface area contributed by atoms with E-state index in [1.54, 1.807) is 6.92 Å². The molecule has 28 heavy (non-hydrogen) atoms. The molecule has 2 unspecified atom stereocenters. The van der Waals surface area contributed by atoms with Crippen LogP contribution in [0.2, 0.25) is 0 Å². The summed E-state index contributed by atoms with van der Waals surface area (Å²) in [4.78, 5) is 24.7. The van der Waals surface area contributed by atoms with Gasteiger partial charge in [0.05, 0.1) is 5.92 Å². The van der Waals surface area contributed by atoms with Crippen molar-refractivity contribution in [2.45, 2.75) is 96.7 Å². The Balaban J connectivity index is 1.42. The molecule has 5 aliphatic carbocycles. The molecule has 0 aliphatic heterocycles. The van der Waals surface area contributed by atoms with Crippen LogP contribution in [0.1, 0.15) is 85.0 Å². The summed E-state index contributed by atoms with van der Waals surface area (Å²) in [5.41, 5.74) is 0.645. The highest BCUT2D eigenvalue weighted by Gasteiger charge is 2.62. The first-order valence-electron chi connectivity index (χ1n) is 11.3. The molecule has 4 heteroatoms. The first kappa shape index (κ1) is 20.0. The Labute approximate surface area is 169 Å². The van der Waals surface area contributed by atoms with E-state index in [9.17, 15) is 9.59 Å². The van der Waals surface area contributed by atoms with E-state index in [-0.39, 0.29) is 29.6 Å². The van der Waals surface area contributed by atoms with Crippen LogP contribution < -0.4 is 0 Å². The molecule has 4 nitrogen and oxygen atoms in total. The van der Waals surface area contributed by atoms with Crippen LogP contribution in [0.4, 0.5) is 0 Å². The number of carbonyl (C=O) groups excluding carboxylic acids is 2. The van der Waals surface area contributed by atoms with Crippen molar-refractivity contribution < 1.29 is 19.1 Å². The predicted octanol–water partition coefficient (Wildman–Crippen LogP) is 5.20. The fourth-order valence-corrected chi connectivity index (χ4v) is 6.90. The summed E-state index contributed by atoms with van der Waals surface area (Å²) in [6.07, 6.45) is 10.6. The largest absolute Gasteiger partial charge is 0.459 e. The molecule has 5 saturated carbocycles. The van der Waals surface area contributed by atoms with Crippen LogP contribution in [0.3, 0.4) is 0 Å². The third-order valence-electron chi connectivity index (χ3n) is 8.14. The monoisotopic (exact) mass is 388 g/mol. The summed E-state index contributed by atoms with van der Waals surface area (Å²) in [6, 6.07) is 0. The lowest BCUT2D eigenvalue weighted by Gasteiger charge is -2.64. The van der Waals surface area contributed by atoms with Crippen molar-refractivity contribution in [3.05, 3.63) is 12.2 Å². The van der Waals surface area contributed by atoms with Crippen molar-refractivity contribution in [2.24, 2.45) is 29.1 Å². The average Bonchev–Trinajstić information content (AvgIpc) is 2.57. The van der Waals surface area contributed by atoms with E-state index in [0.29, 0.717) is 35.7 Å². The summed E-state index contributed by atoms with van der Waals surface area (Å²) in [7, 11) is 0. The highest BCUT2D eigenvalue weighted by Crippen LogP contribution is 2.65. The first-order chi connectivity index (χ1) is 13.2. The predicted molar refractivity (Wildman–Crippen MR) is 107 cm³/mol. The molecule has 0 heterocycles. The number of hydrogen-bond donors (Lipinski definition) is 0. The Kier molecular flexibility index (Phi) is 5.12. The minimum atomic E-state index is -0.356. The number of esters is 2. The van der Waals surface area contributed by atoms with Gasteiger partial charge in [-0.1, -0.05) is 26.8 Å². The third kappa shape index (κ3) is 3.41. The number of carbonyl (C=O) groups is 2. The fourth-order valence-electron chi connectivity index (χ4n) is 6.90. The van der Waals surface area contributed by atoms with Crippen LogP contribution in [-0.4, -0.2) is 23.6 Å². The lowest BCUT2D eigenvalue weighted by atomic mass is 9.44. The Hall–Kier alpha value is -1.32. The maximum Gasteiger partial charge on any atom is 0.333 e. The van der Waals surface area contributed by atoms with Crippen LogP contribution in [-0.2, 0) is 19.1 Å². The van der Waals surface area contributed by atoms with Crippen molar-refractivity contribution in [3.8, 4) is 0 Å². The van der Waals surface area contributed by atoms with Gasteiger partial charge in [0.1, 0.15) is 11.7 Å². The van der Waals surface area contributed by atoms with Gasteiger partial charge in [-0.2, -0.15) is 0 Å². The minimum Gasteiger partial charge on any atom is -0.459 e. The number of unbranched alkanes of at least 4 members (excludes halogenated alkanes) is 1. The average molecular weight is 389 g/mol. The van der Waals surface area contributed by atoms with E-state index in [1.165, 1.54) is 32.1 Å². The molecule has 5 fully saturated rings. The number of rotatable bonds is 7. The van der Waals surface area contributed by atoms with Gasteiger partial charge in [0.15, 0.2) is 0 Å². The lowest BCUT2D eigenvalue weighted by Crippen LogP contribution is -2.62. The molecule has 0 aromatic heterocycles. The molecule has 0 spiro atoms. The topological polar surface area (TPSA) is 52.6 Å².